The molecule has 1 saturated carbocycles. The van der Waals surface area contributed by atoms with Crippen molar-refractivity contribution in [3.63, 3.8) is 0 Å². The predicted molar refractivity (Wildman–Crippen MR) is 72.1 cm³/mol. The van der Waals surface area contributed by atoms with E-state index >= 15 is 0 Å². The number of carboxylic acids is 1. The number of benzene rings is 1. The van der Waals surface area contributed by atoms with E-state index in [0.29, 0.717) is 12.8 Å². The van der Waals surface area contributed by atoms with Crippen LogP contribution in [0, 0.1) is 12.7 Å². The van der Waals surface area contributed by atoms with Gasteiger partial charge >= 0.3 is 5.97 Å². The third-order valence-electron chi connectivity index (χ3n) is 3.80. The average Bonchev–Trinajstić information content (AvgIpc) is 2.79. The lowest BCUT2D eigenvalue weighted by Crippen LogP contribution is -2.48. The van der Waals surface area contributed by atoms with Crippen molar-refractivity contribution < 1.29 is 19.1 Å². The Morgan fingerprint density at radius 1 is 1.35 bits per heavy atom. The van der Waals surface area contributed by atoms with E-state index in [4.69, 9.17) is 5.11 Å². The summed E-state index contributed by atoms with van der Waals surface area (Å²) in [4.78, 5) is 23.2. The first kappa shape index (κ1) is 14.5. The molecule has 2 rings (SSSR count). The quantitative estimate of drug-likeness (QED) is 0.890. The van der Waals surface area contributed by atoms with Gasteiger partial charge in [-0.1, -0.05) is 24.5 Å². The van der Waals surface area contributed by atoms with Crippen molar-refractivity contribution in [2.24, 2.45) is 0 Å². The maximum Gasteiger partial charge on any atom is 0.305 e. The number of hydrogen-bond donors (Lipinski definition) is 2. The second kappa shape index (κ2) is 5.61. The molecule has 0 heterocycles. The summed E-state index contributed by atoms with van der Waals surface area (Å²) in [7, 11) is 0. The SMILES string of the molecule is Cc1ccc(F)c(C(=O)NC2(CC(=O)O)CCCC2)c1. The Labute approximate surface area is 117 Å². The molecule has 4 nitrogen and oxygen atoms in total. The van der Waals surface area contributed by atoms with Crippen LogP contribution in [0.4, 0.5) is 4.39 Å². The van der Waals surface area contributed by atoms with Crippen molar-refractivity contribution in [1.82, 2.24) is 5.32 Å². The van der Waals surface area contributed by atoms with Gasteiger partial charge in [0.25, 0.3) is 5.91 Å². The Morgan fingerprint density at radius 2 is 2.00 bits per heavy atom. The normalized spacial score (nSPS) is 16.9. The number of carbonyl (C=O) groups excluding carboxylic acids is 1. The van der Waals surface area contributed by atoms with Crippen LogP contribution in [-0.4, -0.2) is 22.5 Å². The van der Waals surface area contributed by atoms with Crippen LogP contribution in [0.15, 0.2) is 18.2 Å². The summed E-state index contributed by atoms with van der Waals surface area (Å²) in [6, 6.07) is 4.32. The van der Waals surface area contributed by atoms with Gasteiger partial charge in [-0.2, -0.15) is 0 Å². The number of rotatable bonds is 4. The van der Waals surface area contributed by atoms with Crippen molar-refractivity contribution in [1.29, 1.82) is 0 Å². The molecule has 1 aliphatic rings. The fourth-order valence-electron chi connectivity index (χ4n) is 2.81. The van der Waals surface area contributed by atoms with Crippen LogP contribution in [0.5, 0.6) is 0 Å². The van der Waals surface area contributed by atoms with Crippen LogP contribution >= 0.6 is 0 Å². The van der Waals surface area contributed by atoms with E-state index in [0.717, 1.165) is 18.4 Å². The highest BCUT2D eigenvalue weighted by atomic mass is 19.1. The molecule has 0 radical (unpaired) electrons. The van der Waals surface area contributed by atoms with Gasteiger partial charge in [-0.3, -0.25) is 9.59 Å². The van der Waals surface area contributed by atoms with Crippen LogP contribution in [-0.2, 0) is 4.79 Å². The fourth-order valence-corrected chi connectivity index (χ4v) is 2.81. The Bertz CT molecular complexity index is 536. The molecule has 0 aliphatic heterocycles. The van der Waals surface area contributed by atoms with Gasteiger partial charge in [-0.25, -0.2) is 4.39 Å². The van der Waals surface area contributed by atoms with E-state index in [-0.39, 0.29) is 12.0 Å². The molecule has 0 aromatic heterocycles. The monoisotopic (exact) mass is 279 g/mol. The van der Waals surface area contributed by atoms with E-state index < -0.39 is 23.2 Å². The second-order valence-corrected chi connectivity index (χ2v) is 5.50. The van der Waals surface area contributed by atoms with Crippen LogP contribution in [0.3, 0.4) is 0 Å². The molecule has 0 atom stereocenters. The van der Waals surface area contributed by atoms with Gasteiger partial charge in [0.05, 0.1) is 17.5 Å². The molecule has 1 aromatic rings. The molecule has 5 heteroatoms. The summed E-state index contributed by atoms with van der Waals surface area (Å²) in [5.41, 5.74) is 0.0240. The number of nitrogens with one attached hydrogen (secondary N) is 1. The topological polar surface area (TPSA) is 66.4 Å². The minimum absolute atomic E-state index is 0.0262. The number of halogens is 1. The van der Waals surface area contributed by atoms with E-state index in [1.54, 1.807) is 13.0 Å². The van der Waals surface area contributed by atoms with E-state index in [1.807, 2.05) is 0 Å². The molecule has 2 N–H and O–H groups in total. The summed E-state index contributed by atoms with van der Waals surface area (Å²) in [5.74, 6) is -2.07. The second-order valence-electron chi connectivity index (χ2n) is 5.50. The maximum absolute atomic E-state index is 13.7. The Hall–Kier alpha value is -1.91. The summed E-state index contributed by atoms with van der Waals surface area (Å²) < 4.78 is 13.7. The first-order chi connectivity index (χ1) is 9.42. The van der Waals surface area contributed by atoms with Crippen LogP contribution in [0.2, 0.25) is 0 Å². The lowest BCUT2D eigenvalue weighted by molar-refractivity contribution is -0.138. The van der Waals surface area contributed by atoms with Gasteiger partial charge < -0.3 is 10.4 Å². The number of hydrogen-bond acceptors (Lipinski definition) is 2. The Morgan fingerprint density at radius 3 is 2.60 bits per heavy atom. The van der Waals surface area contributed by atoms with Crippen molar-refractivity contribution in [2.45, 2.75) is 44.6 Å². The average molecular weight is 279 g/mol. The third kappa shape index (κ3) is 3.15. The molecule has 1 aromatic carbocycles. The van der Waals surface area contributed by atoms with Crippen LogP contribution < -0.4 is 5.32 Å². The van der Waals surface area contributed by atoms with Gasteiger partial charge in [-0.05, 0) is 31.9 Å². The number of carbonyl (C=O) groups is 2. The third-order valence-corrected chi connectivity index (χ3v) is 3.80. The molecule has 20 heavy (non-hydrogen) atoms. The Balaban J connectivity index is 2.20. The zero-order valence-electron chi connectivity index (χ0n) is 11.4. The number of aryl methyl sites for hydroxylation is 1. The molecule has 0 saturated heterocycles. The zero-order chi connectivity index (χ0) is 14.8. The van der Waals surface area contributed by atoms with E-state index in [9.17, 15) is 14.0 Å². The van der Waals surface area contributed by atoms with Gasteiger partial charge in [0.2, 0.25) is 0 Å². The fraction of sp³-hybridized carbons (Fsp3) is 0.467. The summed E-state index contributed by atoms with van der Waals surface area (Å²) in [6.45, 7) is 1.78. The molecule has 1 aliphatic carbocycles. The van der Waals surface area contributed by atoms with Crippen LogP contribution in [0.1, 0.15) is 48.0 Å². The molecule has 0 unspecified atom stereocenters. The van der Waals surface area contributed by atoms with Gasteiger partial charge in [0.15, 0.2) is 0 Å². The van der Waals surface area contributed by atoms with Gasteiger partial charge in [-0.15, -0.1) is 0 Å². The molecule has 108 valence electrons. The highest BCUT2D eigenvalue weighted by molar-refractivity contribution is 5.95. The molecular formula is C15H18FNO3. The maximum atomic E-state index is 13.7. The summed E-state index contributed by atoms with van der Waals surface area (Å²) in [5, 5.41) is 11.7. The first-order valence-electron chi connectivity index (χ1n) is 6.72. The van der Waals surface area contributed by atoms with Crippen molar-refractivity contribution in [3.05, 3.63) is 35.1 Å². The molecule has 1 amide bonds. The lowest BCUT2D eigenvalue weighted by Gasteiger charge is -2.28. The van der Waals surface area contributed by atoms with Gasteiger partial charge in [0, 0.05) is 0 Å². The molecule has 0 bridgehead atoms. The minimum Gasteiger partial charge on any atom is -0.481 e. The molecule has 1 fully saturated rings. The highest BCUT2D eigenvalue weighted by Crippen LogP contribution is 2.33. The lowest BCUT2D eigenvalue weighted by atomic mass is 9.92. The number of carboxylic acid groups (broad SMARTS) is 1. The van der Waals surface area contributed by atoms with Crippen molar-refractivity contribution in [3.8, 4) is 0 Å². The predicted octanol–water partition coefficient (Wildman–Crippen LogP) is 2.65. The largest absolute Gasteiger partial charge is 0.481 e. The minimum atomic E-state index is -0.947. The Kier molecular flexibility index (Phi) is 4.06. The number of aliphatic carboxylic acids is 1. The van der Waals surface area contributed by atoms with Gasteiger partial charge in [0.1, 0.15) is 5.82 Å². The zero-order valence-corrected chi connectivity index (χ0v) is 11.4. The van der Waals surface area contributed by atoms with E-state index in [1.165, 1.54) is 12.1 Å². The van der Waals surface area contributed by atoms with E-state index in [2.05, 4.69) is 5.32 Å². The van der Waals surface area contributed by atoms with Crippen molar-refractivity contribution >= 4 is 11.9 Å². The summed E-state index contributed by atoms with van der Waals surface area (Å²) in [6.07, 6.45) is 2.89. The number of amides is 1. The standard InChI is InChI=1S/C15H18FNO3/c1-10-4-5-12(16)11(8-10)14(20)17-15(9-13(18)19)6-2-3-7-15/h4-5,8H,2-3,6-7,9H2,1H3,(H,17,20)(H,18,19). The van der Waals surface area contributed by atoms with Crippen LogP contribution in [0.25, 0.3) is 0 Å². The van der Waals surface area contributed by atoms with Crippen molar-refractivity contribution in [2.75, 3.05) is 0 Å². The molecule has 0 spiro atoms. The summed E-state index contributed by atoms with van der Waals surface area (Å²) >= 11 is 0. The molecular weight excluding hydrogens is 261 g/mol. The highest BCUT2D eigenvalue weighted by Gasteiger charge is 2.37. The first-order valence-corrected chi connectivity index (χ1v) is 6.72. The smallest absolute Gasteiger partial charge is 0.305 e.